The van der Waals surface area contributed by atoms with Crippen molar-refractivity contribution in [2.75, 3.05) is 5.32 Å². The van der Waals surface area contributed by atoms with E-state index in [1.54, 1.807) is 25.1 Å². The number of nitrogens with one attached hydrogen (secondary N) is 1. The zero-order chi connectivity index (χ0) is 13.8. The third-order valence-electron chi connectivity index (χ3n) is 2.41. The molecule has 0 unspecified atom stereocenters. The van der Waals surface area contributed by atoms with Gasteiger partial charge in [-0.05, 0) is 31.2 Å². The van der Waals surface area contributed by atoms with E-state index in [2.05, 4.69) is 31.2 Å². The third-order valence-corrected chi connectivity index (χ3v) is 2.91. The van der Waals surface area contributed by atoms with E-state index in [9.17, 15) is 4.39 Å². The number of aromatic nitrogens is 2. The van der Waals surface area contributed by atoms with Gasteiger partial charge in [0.1, 0.15) is 17.6 Å². The van der Waals surface area contributed by atoms with Crippen LogP contribution in [0.25, 0.3) is 0 Å². The number of aryl methyl sites for hydroxylation is 1. The van der Waals surface area contributed by atoms with Crippen LogP contribution in [0.4, 0.5) is 10.3 Å². The molecule has 1 heterocycles. The number of anilines is 1. The van der Waals surface area contributed by atoms with Crippen LogP contribution in [0.3, 0.4) is 0 Å². The first-order chi connectivity index (χ1) is 9.08. The Balaban J connectivity index is 2.17. The van der Waals surface area contributed by atoms with Crippen molar-refractivity contribution in [1.82, 2.24) is 9.97 Å². The van der Waals surface area contributed by atoms with Crippen LogP contribution in [0.1, 0.15) is 17.0 Å². The topological polar surface area (TPSA) is 61.6 Å². The van der Waals surface area contributed by atoms with Crippen LogP contribution in [0, 0.1) is 24.1 Å². The summed E-state index contributed by atoms with van der Waals surface area (Å²) in [7, 11) is 0. The van der Waals surface area contributed by atoms with Crippen molar-refractivity contribution in [1.29, 1.82) is 5.26 Å². The van der Waals surface area contributed by atoms with Crippen LogP contribution in [-0.4, -0.2) is 9.97 Å². The molecule has 96 valence electrons. The molecule has 1 aromatic heterocycles. The second-order valence-corrected chi connectivity index (χ2v) is 4.83. The second-order valence-electron chi connectivity index (χ2n) is 3.92. The molecular formula is C13H10BrFN4. The van der Waals surface area contributed by atoms with Crippen LogP contribution in [0.5, 0.6) is 0 Å². The predicted molar refractivity (Wildman–Crippen MR) is 72.9 cm³/mol. The number of nitrogens with zero attached hydrogens (tertiary/aromatic N) is 3. The molecule has 0 fully saturated rings. The Labute approximate surface area is 118 Å². The SMILES string of the molecule is Cc1cc(C#N)nc(NCc2cc(Br)ccc2F)n1. The van der Waals surface area contributed by atoms with Crippen molar-refractivity contribution in [3.05, 3.63) is 51.5 Å². The Bertz CT molecular complexity index is 652. The largest absolute Gasteiger partial charge is 0.350 e. The van der Waals surface area contributed by atoms with Gasteiger partial charge in [0.2, 0.25) is 5.95 Å². The number of hydrogen-bond donors (Lipinski definition) is 1. The molecule has 0 spiro atoms. The summed E-state index contributed by atoms with van der Waals surface area (Å²) in [6, 6.07) is 8.25. The first-order valence-corrected chi connectivity index (χ1v) is 6.31. The molecule has 0 aliphatic heterocycles. The highest BCUT2D eigenvalue weighted by molar-refractivity contribution is 9.10. The summed E-state index contributed by atoms with van der Waals surface area (Å²) in [6.07, 6.45) is 0. The molecule has 0 aliphatic carbocycles. The Morgan fingerprint density at radius 3 is 2.89 bits per heavy atom. The van der Waals surface area contributed by atoms with E-state index < -0.39 is 0 Å². The third kappa shape index (κ3) is 3.48. The van der Waals surface area contributed by atoms with E-state index in [4.69, 9.17) is 5.26 Å². The molecule has 2 rings (SSSR count). The number of nitriles is 1. The number of halogens is 2. The first-order valence-electron chi connectivity index (χ1n) is 5.52. The first kappa shape index (κ1) is 13.4. The number of rotatable bonds is 3. The maximum atomic E-state index is 13.5. The summed E-state index contributed by atoms with van der Waals surface area (Å²) in [5.74, 6) is 0.0137. The Hall–Kier alpha value is -2.00. The monoisotopic (exact) mass is 320 g/mol. The van der Waals surface area contributed by atoms with Crippen LogP contribution < -0.4 is 5.32 Å². The molecule has 0 aliphatic rings. The van der Waals surface area contributed by atoms with E-state index in [-0.39, 0.29) is 18.1 Å². The minimum atomic E-state index is -0.302. The van der Waals surface area contributed by atoms with Crippen LogP contribution in [-0.2, 0) is 6.54 Å². The lowest BCUT2D eigenvalue weighted by Gasteiger charge is -2.07. The lowest BCUT2D eigenvalue weighted by Crippen LogP contribution is -2.06. The molecular weight excluding hydrogens is 311 g/mol. The molecule has 19 heavy (non-hydrogen) atoms. The standard InChI is InChI=1S/C13H10BrFN4/c1-8-4-11(6-16)19-13(18-8)17-7-9-5-10(14)2-3-12(9)15/h2-5H,7H2,1H3,(H,17,18,19). The average Bonchev–Trinajstić information content (AvgIpc) is 2.39. The van der Waals surface area contributed by atoms with Gasteiger partial charge in [0, 0.05) is 22.3 Å². The van der Waals surface area contributed by atoms with Gasteiger partial charge in [0.15, 0.2) is 0 Å². The predicted octanol–water partition coefficient (Wildman–Crippen LogP) is 3.17. The highest BCUT2D eigenvalue weighted by Crippen LogP contribution is 2.16. The maximum absolute atomic E-state index is 13.5. The molecule has 0 radical (unpaired) electrons. The Kier molecular flexibility index (Phi) is 4.07. The van der Waals surface area contributed by atoms with E-state index in [0.29, 0.717) is 17.2 Å². The second kappa shape index (κ2) is 5.76. The fourth-order valence-corrected chi connectivity index (χ4v) is 1.97. The molecule has 0 saturated heterocycles. The summed E-state index contributed by atoms with van der Waals surface area (Å²) >= 11 is 3.29. The van der Waals surface area contributed by atoms with Crippen LogP contribution >= 0.6 is 15.9 Å². The lowest BCUT2D eigenvalue weighted by molar-refractivity contribution is 0.612. The molecule has 0 amide bonds. The van der Waals surface area contributed by atoms with E-state index in [1.165, 1.54) is 6.07 Å². The van der Waals surface area contributed by atoms with Gasteiger partial charge in [0.25, 0.3) is 0 Å². The quantitative estimate of drug-likeness (QED) is 0.943. The van der Waals surface area contributed by atoms with Gasteiger partial charge in [0.05, 0.1) is 0 Å². The zero-order valence-electron chi connectivity index (χ0n) is 10.1. The molecule has 4 nitrogen and oxygen atoms in total. The van der Waals surface area contributed by atoms with Crippen molar-refractivity contribution >= 4 is 21.9 Å². The highest BCUT2D eigenvalue weighted by atomic mass is 79.9. The van der Waals surface area contributed by atoms with Crippen LogP contribution in [0.15, 0.2) is 28.7 Å². The summed E-state index contributed by atoms with van der Waals surface area (Å²) in [5, 5.41) is 11.7. The molecule has 0 saturated carbocycles. The van der Waals surface area contributed by atoms with Crippen molar-refractivity contribution in [3.63, 3.8) is 0 Å². The van der Waals surface area contributed by atoms with Crippen molar-refractivity contribution in [2.24, 2.45) is 0 Å². The van der Waals surface area contributed by atoms with Gasteiger partial charge in [-0.25, -0.2) is 14.4 Å². The minimum absolute atomic E-state index is 0.250. The Morgan fingerprint density at radius 1 is 1.37 bits per heavy atom. The fraction of sp³-hybridized carbons (Fsp3) is 0.154. The summed E-state index contributed by atoms with van der Waals surface area (Å²) in [6.45, 7) is 2.02. The smallest absolute Gasteiger partial charge is 0.224 e. The average molecular weight is 321 g/mol. The van der Waals surface area contributed by atoms with E-state index in [1.807, 2.05) is 6.07 Å². The number of benzene rings is 1. The van der Waals surface area contributed by atoms with E-state index >= 15 is 0 Å². The molecule has 0 bridgehead atoms. The maximum Gasteiger partial charge on any atom is 0.224 e. The zero-order valence-corrected chi connectivity index (χ0v) is 11.7. The molecule has 0 atom stereocenters. The van der Waals surface area contributed by atoms with Crippen molar-refractivity contribution in [3.8, 4) is 6.07 Å². The normalized spacial score (nSPS) is 10.0. The molecule has 1 N–H and O–H groups in total. The van der Waals surface area contributed by atoms with Gasteiger partial charge in [-0.3, -0.25) is 0 Å². The summed E-state index contributed by atoms with van der Waals surface area (Å²) in [4.78, 5) is 8.14. The highest BCUT2D eigenvalue weighted by Gasteiger charge is 2.05. The van der Waals surface area contributed by atoms with Gasteiger partial charge in [-0.15, -0.1) is 0 Å². The summed E-state index contributed by atoms with van der Waals surface area (Å²) < 4.78 is 14.3. The minimum Gasteiger partial charge on any atom is -0.350 e. The van der Waals surface area contributed by atoms with Gasteiger partial charge < -0.3 is 5.32 Å². The molecule has 1 aromatic carbocycles. The van der Waals surface area contributed by atoms with Crippen LogP contribution in [0.2, 0.25) is 0 Å². The summed E-state index contributed by atoms with van der Waals surface area (Å²) in [5.41, 5.74) is 1.46. The van der Waals surface area contributed by atoms with E-state index in [0.717, 1.165) is 4.47 Å². The Morgan fingerprint density at radius 2 is 2.16 bits per heavy atom. The molecule has 6 heteroatoms. The lowest BCUT2D eigenvalue weighted by atomic mass is 10.2. The molecule has 2 aromatic rings. The van der Waals surface area contributed by atoms with Crippen molar-refractivity contribution in [2.45, 2.75) is 13.5 Å². The van der Waals surface area contributed by atoms with Crippen molar-refractivity contribution < 1.29 is 4.39 Å². The van der Waals surface area contributed by atoms with Gasteiger partial charge in [-0.1, -0.05) is 15.9 Å². The fourth-order valence-electron chi connectivity index (χ4n) is 1.56. The van der Waals surface area contributed by atoms with Gasteiger partial charge in [-0.2, -0.15) is 5.26 Å². The van der Waals surface area contributed by atoms with Gasteiger partial charge >= 0.3 is 0 Å². The number of hydrogen-bond acceptors (Lipinski definition) is 4.